The number of carbonyl (C=O) groups is 1. The number of hydrogen-bond acceptors (Lipinski definition) is 4. The summed E-state index contributed by atoms with van der Waals surface area (Å²) in [5.41, 5.74) is 0. The number of carbonyl (C=O) groups excluding carboxylic acids is 1. The monoisotopic (exact) mass is 406 g/mol. The summed E-state index contributed by atoms with van der Waals surface area (Å²) in [4.78, 5) is 11.5. The second-order valence-corrected chi connectivity index (χ2v) is 9.53. The Balaban J connectivity index is 3.24. The summed E-state index contributed by atoms with van der Waals surface area (Å²) >= 11 is -3.28. The molecule has 0 radical (unpaired) electrons. The molecule has 0 saturated heterocycles. The van der Waals surface area contributed by atoms with Crippen molar-refractivity contribution in [3.05, 3.63) is 0 Å². The van der Waals surface area contributed by atoms with Crippen molar-refractivity contribution < 1.29 is 33.4 Å². The van der Waals surface area contributed by atoms with Crippen molar-refractivity contribution in [3.63, 3.8) is 0 Å². The summed E-state index contributed by atoms with van der Waals surface area (Å²) < 4.78 is 21.3. The molecule has 0 saturated carbocycles. The van der Waals surface area contributed by atoms with E-state index in [0.29, 0.717) is 6.42 Å². The molecule has 0 fully saturated rings. The Bertz CT molecular complexity index is 356. The normalized spacial score (nSPS) is 11.3. The fraction of sp³-hybridized carbons (Fsp3) is 0.952. The molecule has 0 bridgehead atoms. The first kappa shape index (κ1) is 25.9. The van der Waals surface area contributed by atoms with Crippen molar-refractivity contribution in [2.24, 2.45) is 5.92 Å². The minimum absolute atomic E-state index is 0.153. The van der Waals surface area contributed by atoms with Crippen LogP contribution in [0.4, 0.5) is 0 Å². The van der Waals surface area contributed by atoms with Gasteiger partial charge in [-0.05, 0) is 5.92 Å². The fourth-order valence-electron chi connectivity index (χ4n) is 2.95. The molecule has 0 aliphatic carbocycles. The molecule has 0 N–H and O–H groups in total. The fourth-order valence-corrected chi connectivity index (χ4v) is 4.08. The summed E-state index contributed by atoms with van der Waals surface area (Å²) in [5.74, 6) is 0.481. The molecule has 0 rings (SSSR count). The number of hydrogen-bond donors (Lipinski definition) is 0. The van der Waals surface area contributed by atoms with Crippen molar-refractivity contribution >= 4 is 5.97 Å². The first-order chi connectivity index (χ1) is 12.4. The van der Waals surface area contributed by atoms with Crippen LogP contribution >= 0.6 is 0 Å². The van der Waals surface area contributed by atoms with E-state index in [2.05, 4.69) is 13.8 Å². The zero-order valence-corrected chi connectivity index (χ0v) is 19.2. The quantitative estimate of drug-likeness (QED) is 0.184. The van der Waals surface area contributed by atoms with Gasteiger partial charge in [0.2, 0.25) is 0 Å². The molecule has 0 aromatic carbocycles. The summed E-state index contributed by atoms with van der Waals surface area (Å²) in [6, 6.07) is 0. The van der Waals surface area contributed by atoms with Crippen molar-refractivity contribution in [1.29, 1.82) is 0 Å². The molecule has 4 nitrogen and oxygen atoms in total. The van der Waals surface area contributed by atoms with Gasteiger partial charge in [-0.3, -0.25) is 0 Å². The van der Waals surface area contributed by atoms with Gasteiger partial charge < -0.3 is 0 Å². The van der Waals surface area contributed by atoms with E-state index in [1.54, 1.807) is 13.8 Å². The molecule has 0 heterocycles. The van der Waals surface area contributed by atoms with E-state index in [9.17, 15) is 8.12 Å². The minimum atomic E-state index is -3.28. The maximum atomic E-state index is 11.5. The van der Waals surface area contributed by atoms with Gasteiger partial charge in [0.05, 0.1) is 0 Å². The third-order valence-corrected chi connectivity index (χ3v) is 6.09. The van der Waals surface area contributed by atoms with Crippen LogP contribution in [0.3, 0.4) is 0 Å². The maximum absolute atomic E-state index is 11.5. The van der Waals surface area contributed by atoms with Crippen molar-refractivity contribution in [3.8, 4) is 0 Å². The summed E-state index contributed by atoms with van der Waals surface area (Å²) in [7, 11) is 0. The van der Waals surface area contributed by atoms with Crippen LogP contribution in [0.1, 0.15) is 118 Å². The van der Waals surface area contributed by atoms with Crippen LogP contribution in [0.2, 0.25) is 0 Å². The molecule has 0 amide bonds. The first-order valence-electron chi connectivity index (χ1n) is 10.8. The van der Waals surface area contributed by atoms with E-state index < -0.39 is 18.6 Å². The van der Waals surface area contributed by atoms with E-state index in [0.717, 1.165) is 18.8 Å². The van der Waals surface area contributed by atoms with Gasteiger partial charge in [0.1, 0.15) is 0 Å². The van der Waals surface area contributed by atoms with Gasteiger partial charge in [0, 0.05) is 0 Å². The molecule has 0 aliphatic rings. The average molecular weight is 406 g/mol. The third kappa shape index (κ3) is 20.3. The molecule has 5 heteroatoms. The first-order valence-corrected chi connectivity index (χ1v) is 12.7. The molecule has 0 aromatic heterocycles. The zero-order chi connectivity index (χ0) is 19.6. The van der Waals surface area contributed by atoms with Crippen molar-refractivity contribution in [2.75, 3.05) is 0 Å². The summed E-state index contributed by atoms with van der Waals surface area (Å²) in [6.07, 6.45) is 16.9. The van der Waals surface area contributed by atoms with E-state index in [1.807, 2.05) is 0 Å². The van der Waals surface area contributed by atoms with Crippen LogP contribution in [-0.2, 0) is 33.4 Å². The SMILES string of the molecule is CC(C)CCCCCCCCCCCCCCC(=O)[O][Ti](=[O])[O]C(C)C. The van der Waals surface area contributed by atoms with Crippen LogP contribution in [-0.4, -0.2) is 12.1 Å². The molecule has 0 aromatic rings. The second-order valence-electron chi connectivity index (χ2n) is 8.07. The molecule has 154 valence electrons. The van der Waals surface area contributed by atoms with Gasteiger partial charge in [-0.25, -0.2) is 0 Å². The van der Waals surface area contributed by atoms with Gasteiger partial charge in [-0.2, -0.15) is 0 Å². The Labute approximate surface area is 168 Å². The second kappa shape index (κ2) is 18.3. The summed E-state index contributed by atoms with van der Waals surface area (Å²) in [6.45, 7) is 8.18. The molecule has 26 heavy (non-hydrogen) atoms. The van der Waals surface area contributed by atoms with Crippen LogP contribution in [0, 0.1) is 5.92 Å². The molecule has 0 unspecified atom stereocenters. The molecular weight excluding hydrogens is 364 g/mol. The van der Waals surface area contributed by atoms with Gasteiger partial charge >= 0.3 is 124 Å². The van der Waals surface area contributed by atoms with Gasteiger partial charge in [0.25, 0.3) is 0 Å². The van der Waals surface area contributed by atoms with E-state index in [1.165, 1.54) is 70.6 Å². The Morgan fingerprint density at radius 1 is 0.731 bits per heavy atom. The Morgan fingerprint density at radius 3 is 1.58 bits per heavy atom. The van der Waals surface area contributed by atoms with Gasteiger partial charge in [-0.15, -0.1) is 0 Å². The zero-order valence-electron chi connectivity index (χ0n) is 17.7. The Kier molecular flexibility index (Phi) is 18.3. The molecule has 0 atom stereocenters. The van der Waals surface area contributed by atoms with Crippen molar-refractivity contribution in [2.45, 2.75) is 124 Å². The van der Waals surface area contributed by atoms with E-state index in [-0.39, 0.29) is 12.1 Å². The predicted octanol–water partition coefficient (Wildman–Crippen LogP) is 6.87. The predicted molar refractivity (Wildman–Crippen MR) is 102 cm³/mol. The van der Waals surface area contributed by atoms with Crippen LogP contribution in [0.25, 0.3) is 0 Å². The molecule has 0 aliphatic heterocycles. The van der Waals surface area contributed by atoms with Crippen LogP contribution < -0.4 is 0 Å². The number of unbranched alkanes of at least 4 members (excludes halogenated alkanes) is 11. The Hall–Kier alpha value is -0.0557. The van der Waals surface area contributed by atoms with E-state index >= 15 is 0 Å². The topological polar surface area (TPSA) is 52.6 Å². The van der Waals surface area contributed by atoms with Crippen molar-refractivity contribution in [1.82, 2.24) is 0 Å². The summed E-state index contributed by atoms with van der Waals surface area (Å²) in [5, 5.41) is 0. The van der Waals surface area contributed by atoms with Gasteiger partial charge in [0.15, 0.2) is 0 Å². The number of rotatable bonds is 18. The molecular formula is C21H42O4Ti. The van der Waals surface area contributed by atoms with Crippen LogP contribution in [0.15, 0.2) is 0 Å². The standard InChI is InChI=1S/C18H36O2.C3H7O.O.Ti/c1-17(2)15-13-11-9-7-5-3-4-6-8-10-12-14-16-18(19)20;1-3(2)4;;/h17H,3-16H2,1-2H3,(H,19,20);3H,1-2H3;;/q;-1;;+2/p-1. The molecule has 0 spiro atoms. The van der Waals surface area contributed by atoms with Gasteiger partial charge in [-0.1, -0.05) is 39.5 Å². The van der Waals surface area contributed by atoms with Crippen LogP contribution in [0.5, 0.6) is 0 Å². The third-order valence-electron chi connectivity index (χ3n) is 4.44. The Morgan fingerprint density at radius 2 is 1.15 bits per heavy atom. The van der Waals surface area contributed by atoms with E-state index in [4.69, 9.17) is 6.64 Å². The average Bonchev–Trinajstić information content (AvgIpc) is 2.53.